The topological polar surface area (TPSA) is 15.3 Å². The van der Waals surface area contributed by atoms with Crippen molar-refractivity contribution in [3.8, 4) is 0 Å². The SMILES string of the molecule is Cl.Fc1ccc2cccc(N3CCNCC3)c2c1. The molecule has 2 nitrogen and oxygen atoms in total. The Kier molecular flexibility index (Phi) is 4.04. The van der Waals surface area contributed by atoms with Gasteiger partial charge < -0.3 is 10.2 Å². The van der Waals surface area contributed by atoms with Gasteiger partial charge in [0.25, 0.3) is 0 Å². The van der Waals surface area contributed by atoms with Crippen molar-refractivity contribution in [2.45, 2.75) is 0 Å². The monoisotopic (exact) mass is 266 g/mol. The quantitative estimate of drug-likeness (QED) is 0.854. The molecular weight excluding hydrogens is 251 g/mol. The summed E-state index contributed by atoms with van der Waals surface area (Å²) in [6.45, 7) is 3.95. The second-order valence-electron chi connectivity index (χ2n) is 4.38. The van der Waals surface area contributed by atoms with Gasteiger partial charge in [-0.15, -0.1) is 12.4 Å². The minimum atomic E-state index is -0.167. The number of benzene rings is 2. The maximum Gasteiger partial charge on any atom is 0.123 e. The number of halogens is 2. The van der Waals surface area contributed by atoms with Gasteiger partial charge in [0.1, 0.15) is 5.82 Å². The fourth-order valence-electron chi connectivity index (χ4n) is 2.41. The number of nitrogens with one attached hydrogen (secondary N) is 1. The second kappa shape index (κ2) is 5.55. The number of hydrogen-bond donors (Lipinski definition) is 1. The fraction of sp³-hybridized carbons (Fsp3) is 0.286. The van der Waals surface area contributed by atoms with Crippen LogP contribution in [-0.4, -0.2) is 26.2 Å². The standard InChI is InChI=1S/C14H15FN2.ClH/c15-12-5-4-11-2-1-3-14(13(11)10-12)17-8-6-16-7-9-17;/h1-5,10,16H,6-9H2;1H. The Hall–Kier alpha value is -1.32. The molecular formula is C14H16ClFN2. The molecule has 0 aromatic heterocycles. The summed E-state index contributed by atoms with van der Waals surface area (Å²) in [6, 6.07) is 11.1. The Morgan fingerprint density at radius 2 is 1.83 bits per heavy atom. The third-order valence-electron chi connectivity index (χ3n) is 3.28. The van der Waals surface area contributed by atoms with Crippen LogP contribution in [0.1, 0.15) is 0 Å². The van der Waals surface area contributed by atoms with Gasteiger partial charge in [-0.3, -0.25) is 0 Å². The molecule has 0 atom stereocenters. The van der Waals surface area contributed by atoms with E-state index in [1.165, 1.54) is 6.07 Å². The lowest BCUT2D eigenvalue weighted by Crippen LogP contribution is -2.43. The zero-order chi connectivity index (χ0) is 11.7. The van der Waals surface area contributed by atoms with Gasteiger partial charge in [0, 0.05) is 37.3 Å². The fourth-order valence-corrected chi connectivity index (χ4v) is 2.41. The van der Waals surface area contributed by atoms with Crippen LogP contribution in [0.5, 0.6) is 0 Å². The highest BCUT2D eigenvalue weighted by molar-refractivity contribution is 5.94. The molecule has 1 fully saturated rings. The largest absolute Gasteiger partial charge is 0.368 e. The number of anilines is 1. The average Bonchev–Trinajstić information content (AvgIpc) is 2.39. The maximum atomic E-state index is 13.4. The van der Waals surface area contributed by atoms with E-state index in [0.29, 0.717) is 0 Å². The molecule has 2 aromatic rings. The maximum absolute atomic E-state index is 13.4. The van der Waals surface area contributed by atoms with E-state index in [9.17, 15) is 4.39 Å². The number of piperazine rings is 1. The summed E-state index contributed by atoms with van der Waals surface area (Å²) >= 11 is 0. The van der Waals surface area contributed by atoms with Crippen molar-refractivity contribution < 1.29 is 4.39 Å². The molecule has 1 N–H and O–H groups in total. The van der Waals surface area contributed by atoms with Gasteiger partial charge >= 0.3 is 0 Å². The summed E-state index contributed by atoms with van der Waals surface area (Å²) in [4.78, 5) is 2.32. The van der Waals surface area contributed by atoms with Gasteiger partial charge in [-0.05, 0) is 23.6 Å². The van der Waals surface area contributed by atoms with Crippen LogP contribution in [0.25, 0.3) is 10.8 Å². The van der Waals surface area contributed by atoms with Gasteiger partial charge in [-0.1, -0.05) is 18.2 Å². The minimum absolute atomic E-state index is 0. The molecule has 0 spiro atoms. The van der Waals surface area contributed by atoms with Crippen molar-refractivity contribution in [2.24, 2.45) is 0 Å². The van der Waals surface area contributed by atoms with Crippen LogP contribution in [-0.2, 0) is 0 Å². The number of nitrogens with zero attached hydrogens (tertiary/aromatic N) is 1. The zero-order valence-electron chi connectivity index (χ0n) is 10.0. The molecule has 0 amide bonds. The van der Waals surface area contributed by atoms with Crippen LogP contribution in [0.3, 0.4) is 0 Å². The summed E-state index contributed by atoms with van der Waals surface area (Å²) in [7, 11) is 0. The van der Waals surface area contributed by atoms with Gasteiger partial charge in [-0.2, -0.15) is 0 Å². The normalized spacial score (nSPS) is 15.5. The molecule has 96 valence electrons. The molecule has 4 heteroatoms. The number of hydrogen-bond acceptors (Lipinski definition) is 2. The molecule has 1 aliphatic rings. The van der Waals surface area contributed by atoms with Crippen LogP contribution in [0, 0.1) is 5.82 Å². The first-order chi connectivity index (χ1) is 8.34. The van der Waals surface area contributed by atoms with Crippen LogP contribution in [0.4, 0.5) is 10.1 Å². The number of rotatable bonds is 1. The number of fused-ring (bicyclic) bond motifs is 1. The Balaban J connectivity index is 0.00000120. The third kappa shape index (κ3) is 2.42. The summed E-state index contributed by atoms with van der Waals surface area (Å²) in [6.07, 6.45) is 0. The highest BCUT2D eigenvalue weighted by atomic mass is 35.5. The molecule has 0 unspecified atom stereocenters. The van der Waals surface area contributed by atoms with E-state index in [0.717, 1.165) is 42.6 Å². The molecule has 1 aliphatic heterocycles. The van der Waals surface area contributed by atoms with E-state index in [-0.39, 0.29) is 18.2 Å². The van der Waals surface area contributed by atoms with Crippen molar-refractivity contribution in [3.63, 3.8) is 0 Å². The van der Waals surface area contributed by atoms with Gasteiger partial charge in [0.2, 0.25) is 0 Å². The predicted octanol–water partition coefficient (Wildman–Crippen LogP) is 2.81. The van der Waals surface area contributed by atoms with Crippen LogP contribution in [0.15, 0.2) is 36.4 Å². The predicted molar refractivity (Wildman–Crippen MR) is 76.2 cm³/mol. The first-order valence-electron chi connectivity index (χ1n) is 5.98. The summed E-state index contributed by atoms with van der Waals surface area (Å²) < 4.78 is 13.4. The molecule has 2 aromatic carbocycles. The highest BCUT2D eigenvalue weighted by Crippen LogP contribution is 2.27. The molecule has 0 radical (unpaired) electrons. The van der Waals surface area contributed by atoms with Crippen molar-refractivity contribution in [1.29, 1.82) is 0 Å². The van der Waals surface area contributed by atoms with E-state index in [4.69, 9.17) is 0 Å². The van der Waals surface area contributed by atoms with Crippen molar-refractivity contribution in [3.05, 3.63) is 42.2 Å². The van der Waals surface area contributed by atoms with Gasteiger partial charge in [0.05, 0.1) is 0 Å². The first-order valence-corrected chi connectivity index (χ1v) is 5.98. The second-order valence-corrected chi connectivity index (χ2v) is 4.38. The average molecular weight is 267 g/mol. The van der Waals surface area contributed by atoms with E-state index in [1.807, 2.05) is 18.2 Å². The molecule has 18 heavy (non-hydrogen) atoms. The van der Waals surface area contributed by atoms with Crippen molar-refractivity contribution in [1.82, 2.24) is 5.32 Å². The van der Waals surface area contributed by atoms with Crippen LogP contribution in [0.2, 0.25) is 0 Å². The smallest absolute Gasteiger partial charge is 0.123 e. The zero-order valence-corrected chi connectivity index (χ0v) is 10.8. The molecule has 0 saturated carbocycles. The summed E-state index contributed by atoms with van der Waals surface area (Å²) in [5.41, 5.74) is 1.14. The lowest BCUT2D eigenvalue weighted by molar-refractivity contribution is 0.590. The minimum Gasteiger partial charge on any atom is -0.368 e. The van der Waals surface area contributed by atoms with Gasteiger partial charge in [-0.25, -0.2) is 4.39 Å². The lowest BCUT2D eigenvalue weighted by Gasteiger charge is -2.30. The highest BCUT2D eigenvalue weighted by Gasteiger charge is 2.13. The Bertz CT molecular complexity index is 538. The molecule has 1 saturated heterocycles. The molecule has 0 aliphatic carbocycles. The van der Waals surface area contributed by atoms with Gasteiger partial charge in [0.15, 0.2) is 0 Å². The van der Waals surface area contributed by atoms with Crippen molar-refractivity contribution in [2.75, 3.05) is 31.1 Å². The van der Waals surface area contributed by atoms with E-state index < -0.39 is 0 Å². The van der Waals surface area contributed by atoms with E-state index >= 15 is 0 Å². The first kappa shape index (κ1) is 13.1. The Morgan fingerprint density at radius 1 is 1.06 bits per heavy atom. The van der Waals surface area contributed by atoms with Crippen LogP contribution < -0.4 is 10.2 Å². The Morgan fingerprint density at radius 3 is 2.61 bits per heavy atom. The summed E-state index contributed by atoms with van der Waals surface area (Å²) in [5.74, 6) is -0.167. The summed E-state index contributed by atoms with van der Waals surface area (Å²) in [5, 5.41) is 5.44. The molecule has 3 rings (SSSR count). The molecule has 1 heterocycles. The van der Waals surface area contributed by atoms with E-state index in [1.54, 1.807) is 6.07 Å². The Labute approximate surface area is 112 Å². The van der Waals surface area contributed by atoms with E-state index in [2.05, 4.69) is 16.3 Å². The lowest BCUT2D eigenvalue weighted by atomic mass is 10.1. The molecule has 0 bridgehead atoms. The van der Waals surface area contributed by atoms with Crippen LogP contribution >= 0.6 is 12.4 Å². The van der Waals surface area contributed by atoms with Crippen molar-refractivity contribution >= 4 is 28.9 Å². The third-order valence-corrected chi connectivity index (χ3v) is 3.28.